The van der Waals surface area contributed by atoms with E-state index in [4.69, 9.17) is 9.26 Å². The summed E-state index contributed by atoms with van der Waals surface area (Å²) >= 11 is 0. The number of hydrogen-bond donors (Lipinski definition) is 0. The summed E-state index contributed by atoms with van der Waals surface area (Å²) in [7, 11) is 0. The average Bonchev–Trinajstić information content (AvgIpc) is 3.32. The highest BCUT2D eigenvalue weighted by Gasteiger charge is 2.36. The van der Waals surface area contributed by atoms with E-state index in [2.05, 4.69) is 17.3 Å². The normalized spacial score (nSPS) is 20.6. The number of carbonyl (C=O) groups excluding carboxylic acids is 3. The second-order valence-electron chi connectivity index (χ2n) is 9.82. The Balaban J connectivity index is 1.43. The van der Waals surface area contributed by atoms with Gasteiger partial charge in [0.1, 0.15) is 0 Å². The van der Waals surface area contributed by atoms with Gasteiger partial charge >= 0.3 is 5.97 Å². The molecule has 2 saturated heterocycles. The van der Waals surface area contributed by atoms with Crippen LogP contribution in [0.25, 0.3) is 11.3 Å². The van der Waals surface area contributed by atoms with Gasteiger partial charge in [-0.25, -0.2) is 0 Å². The Morgan fingerprint density at radius 1 is 0.971 bits per heavy atom. The van der Waals surface area contributed by atoms with Crippen LogP contribution >= 0.6 is 0 Å². The zero-order valence-corrected chi connectivity index (χ0v) is 21.1. The van der Waals surface area contributed by atoms with Gasteiger partial charge in [-0.3, -0.25) is 14.4 Å². The SMILES string of the molecule is CCOC(=O)[C@H]1CCCN(C(=O)[C@@H]2CCCN(C(=O)c3cc(-c4c(C)cc(C)cc4C)on3)C2)C1. The number of amides is 2. The number of rotatable bonds is 5. The van der Waals surface area contributed by atoms with E-state index in [-0.39, 0.29) is 35.3 Å². The van der Waals surface area contributed by atoms with E-state index in [1.807, 2.05) is 20.8 Å². The minimum atomic E-state index is -0.276. The van der Waals surface area contributed by atoms with Crippen LogP contribution in [-0.2, 0) is 14.3 Å². The van der Waals surface area contributed by atoms with E-state index < -0.39 is 0 Å². The molecule has 1 aromatic heterocycles. The minimum absolute atomic E-state index is 0.0169. The van der Waals surface area contributed by atoms with Crippen molar-refractivity contribution in [3.05, 3.63) is 40.6 Å². The smallest absolute Gasteiger partial charge is 0.310 e. The number of carbonyl (C=O) groups is 3. The molecular formula is C27H35N3O5. The van der Waals surface area contributed by atoms with Gasteiger partial charge in [-0.1, -0.05) is 22.9 Å². The molecule has 0 N–H and O–H groups in total. The van der Waals surface area contributed by atoms with Gasteiger partial charge in [-0.2, -0.15) is 0 Å². The molecule has 0 spiro atoms. The number of nitrogens with zero attached hydrogens (tertiary/aromatic N) is 3. The lowest BCUT2D eigenvalue weighted by molar-refractivity contribution is -0.152. The average molecular weight is 482 g/mol. The highest BCUT2D eigenvalue weighted by molar-refractivity contribution is 5.94. The first-order chi connectivity index (χ1) is 16.8. The topological polar surface area (TPSA) is 93.0 Å². The highest BCUT2D eigenvalue weighted by Crippen LogP contribution is 2.30. The molecule has 35 heavy (non-hydrogen) atoms. The van der Waals surface area contributed by atoms with Gasteiger partial charge in [-0.05, 0) is 64.5 Å². The van der Waals surface area contributed by atoms with Crippen molar-refractivity contribution in [3.8, 4) is 11.3 Å². The third-order valence-electron chi connectivity index (χ3n) is 7.06. The third-order valence-corrected chi connectivity index (χ3v) is 7.06. The largest absolute Gasteiger partial charge is 0.466 e. The first kappa shape index (κ1) is 24.9. The molecule has 0 unspecified atom stereocenters. The van der Waals surface area contributed by atoms with Crippen LogP contribution in [0.1, 0.15) is 59.8 Å². The number of likely N-dealkylation sites (tertiary alicyclic amines) is 2. The van der Waals surface area contributed by atoms with Crippen LogP contribution in [-0.4, -0.2) is 65.5 Å². The van der Waals surface area contributed by atoms with Crippen molar-refractivity contribution in [2.45, 2.75) is 53.4 Å². The van der Waals surface area contributed by atoms with Crippen LogP contribution in [0.15, 0.2) is 22.7 Å². The van der Waals surface area contributed by atoms with E-state index >= 15 is 0 Å². The molecule has 2 amide bonds. The van der Waals surface area contributed by atoms with Gasteiger partial charge in [-0.15, -0.1) is 0 Å². The van der Waals surface area contributed by atoms with Gasteiger partial charge in [0.25, 0.3) is 5.91 Å². The van der Waals surface area contributed by atoms with E-state index in [9.17, 15) is 14.4 Å². The van der Waals surface area contributed by atoms with Crippen molar-refractivity contribution >= 4 is 17.8 Å². The quantitative estimate of drug-likeness (QED) is 0.601. The lowest BCUT2D eigenvalue weighted by Crippen LogP contribution is -2.50. The fourth-order valence-corrected chi connectivity index (χ4v) is 5.48. The van der Waals surface area contributed by atoms with E-state index in [1.54, 1.807) is 22.8 Å². The Bertz CT molecular complexity index is 1080. The number of piperidine rings is 2. The Kier molecular flexibility index (Phi) is 7.57. The summed E-state index contributed by atoms with van der Waals surface area (Å²) in [6.45, 7) is 10.2. The summed E-state index contributed by atoms with van der Waals surface area (Å²) < 4.78 is 10.7. The minimum Gasteiger partial charge on any atom is -0.466 e. The number of benzene rings is 1. The number of aromatic nitrogens is 1. The van der Waals surface area contributed by atoms with Gasteiger partial charge in [0.05, 0.1) is 18.4 Å². The molecule has 2 aliphatic rings. The maximum atomic E-state index is 13.3. The first-order valence-corrected chi connectivity index (χ1v) is 12.6. The molecule has 4 rings (SSSR count). The zero-order chi connectivity index (χ0) is 25.1. The fourth-order valence-electron chi connectivity index (χ4n) is 5.48. The summed E-state index contributed by atoms with van der Waals surface area (Å²) in [5.41, 5.74) is 4.53. The molecule has 0 saturated carbocycles. The van der Waals surface area contributed by atoms with E-state index in [0.717, 1.165) is 42.4 Å². The molecule has 8 heteroatoms. The number of aryl methyl sites for hydroxylation is 3. The predicted octanol–water partition coefficient (Wildman–Crippen LogP) is 3.92. The number of ether oxygens (including phenoxy) is 1. The van der Waals surface area contributed by atoms with Crippen LogP contribution in [0.5, 0.6) is 0 Å². The molecule has 2 aliphatic heterocycles. The van der Waals surface area contributed by atoms with Crippen molar-refractivity contribution in [2.24, 2.45) is 11.8 Å². The molecule has 188 valence electrons. The fraction of sp³-hybridized carbons (Fsp3) is 0.556. The Morgan fingerprint density at radius 3 is 2.29 bits per heavy atom. The zero-order valence-electron chi connectivity index (χ0n) is 21.1. The molecule has 3 heterocycles. The molecule has 1 aromatic carbocycles. The van der Waals surface area contributed by atoms with Crippen LogP contribution in [0.2, 0.25) is 0 Å². The molecule has 0 bridgehead atoms. The second kappa shape index (κ2) is 10.6. The number of esters is 1. The summed E-state index contributed by atoms with van der Waals surface area (Å²) in [5, 5.41) is 4.07. The molecule has 0 aliphatic carbocycles. The Labute approximate surface area is 206 Å². The predicted molar refractivity (Wildman–Crippen MR) is 131 cm³/mol. The van der Waals surface area contributed by atoms with Gasteiger partial charge < -0.3 is 19.1 Å². The van der Waals surface area contributed by atoms with Gasteiger partial charge in [0, 0.05) is 37.8 Å². The molecule has 8 nitrogen and oxygen atoms in total. The molecule has 0 radical (unpaired) electrons. The summed E-state index contributed by atoms with van der Waals surface area (Å²) in [5.74, 6) is -0.401. The second-order valence-corrected chi connectivity index (χ2v) is 9.82. The van der Waals surface area contributed by atoms with Crippen LogP contribution in [0.4, 0.5) is 0 Å². The molecule has 2 fully saturated rings. The van der Waals surface area contributed by atoms with Crippen LogP contribution in [0.3, 0.4) is 0 Å². The summed E-state index contributed by atoms with van der Waals surface area (Å²) in [4.78, 5) is 42.2. The van der Waals surface area contributed by atoms with Crippen molar-refractivity contribution in [1.29, 1.82) is 0 Å². The van der Waals surface area contributed by atoms with Crippen molar-refractivity contribution in [3.63, 3.8) is 0 Å². The van der Waals surface area contributed by atoms with Gasteiger partial charge in [0.15, 0.2) is 11.5 Å². The lowest BCUT2D eigenvalue weighted by Gasteiger charge is -2.37. The van der Waals surface area contributed by atoms with Crippen molar-refractivity contribution < 1.29 is 23.6 Å². The third kappa shape index (κ3) is 5.41. The Morgan fingerprint density at radius 2 is 1.60 bits per heavy atom. The standard InChI is InChI=1S/C27H35N3O5/c1-5-34-27(33)21-9-7-10-29(16-21)25(31)20-8-6-11-30(15-20)26(32)22-14-23(35-28-22)24-18(3)12-17(2)13-19(24)4/h12-14,20-21H,5-11,15-16H2,1-4H3/t20-,21+/m1/s1. The first-order valence-electron chi connectivity index (χ1n) is 12.6. The summed E-state index contributed by atoms with van der Waals surface area (Å²) in [6.07, 6.45) is 3.00. The molecule has 2 aromatic rings. The molecular weight excluding hydrogens is 446 g/mol. The van der Waals surface area contributed by atoms with Crippen molar-refractivity contribution in [1.82, 2.24) is 15.0 Å². The lowest BCUT2D eigenvalue weighted by atomic mass is 9.93. The van der Waals surface area contributed by atoms with Gasteiger partial charge in [0.2, 0.25) is 5.91 Å². The van der Waals surface area contributed by atoms with E-state index in [0.29, 0.717) is 38.5 Å². The summed E-state index contributed by atoms with van der Waals surface area (Å²) in [6, 6.07) is 5.87. The van der Waals surface area contributed by atoms with Crippen LogP contribution in [0, 0.1) is 32.6 Å². The maximum absolute atomic E-state index is 13.3. The highest BCUT2D eigenvalue weighted by atomic mass is 16.5. The maximum Gasteiger partial charge on any atom is 0.310 e. The van der Waals surface area contributed by atoms with Crippen LogP contribution < -0.4 is 0 Å². The monoisotopic (exact) mass is 481 g/mol. The van der Waals surface area contributed by atoms with Crippen molar-refractivity contribution in [2.75, 3.05) is 32.8 Å². The molecule has 2 atom stereocenters. The number of hydrogen-bond acceptors (Lipinski definition) is 6. The van der Waals surface area contributed by atoms with E-state index in [1.165, 1.54) is 5.56 Å². The Hall–Kier alpha value is -3.16.